The highest BCUT2D eigenvalue weighted by atomic mass is 16.7. The van der Waals surface area contributed by atoms with E-state index in [0.717, 1.165) is 65.0 Å². The second-order valence-electron chi connectivity index (χ2n) is 9.83. The Kier molecular flexibility index (Phi) is 7.10. The molecule has 3 aromatic rings. The molecule has 1 amide bonds. The topological polar surface area (TPSA) is 65.0 Å². The molecular formula is C29H37N3O4. The second-order valence-corrected chi connectivity index (χ2v) is 9.83. The van der Waals surface area contributed by atoms with E-state index >= 15 is 0 Å². The molecule has 0 saturated heterocycles. The number of carbonyl (C=O) groups excluding carboxylic acids is 1. The van der Waals surface area contributed by atoms with E-state index < -0.39 is 6.09 Å². The van der Waals surface area contributed by atoms with Crippen LogP contribution in [0.5, 0.6) is 5.75 Å². The van der Waals surface area contributed by atoms with Crippen molar-refractivity contribution < 1.29 is 19.1 Å². The van der Waals surface area contributed by atoms with Crippen molar-refractivity contribution in [2.24, 2.45) is 5.92 Å². The van der Waals surface area contributed by atoms with Crippen LogP contribution >= 0.6 is 0 Å². The van der Waals surface area contributed by atoms with E-state index in [9.17, 15) is 4.79 Å². The Labute approximate surface area is 213 Å². The lowest BCUT2D eigenvalue weighted by Crippen LogP contribution is -2.21. The molecular weight excluding hydrogens is 454 g/mol. The molecule has 1 heterocycles. The maximum Gasteiger partial charge on any atom is 0.411 e. The molecule has 2 aliphatic rings. The summed E-state index contributed by atoms with van der Waals surface area (Å²) in [7, 11) is 1.97. The number of ether oxygens (including phenoxy) is 2. The Bertz CT molecular complexity index is 1210. The smallest absolute Gasteiger partial charge is 0.411 e. The standard InChI is InChI=1S/C29H37N3O4/c1-5-34-24-16-17-25-26(18-24)32(23-8-7-9-23)27(28(25)31(4)35-6-2)21-12-14-22(15-13-21)30-29(33)36-19(3)20-10-11-20/h12-20,23H,5-11H2,1-4H3,(H,30,33). The molecule has 1 unspecified atom stereocenters. The lowest BCUT2D eigenvalue weighted by molar-refractivity contribution is 0.108. The summed E-state index contributed by atoms with van der Waals surface area (Å²) in [5, 5.41) is 5.90. The van der Waals surface area contributed by atoms with Gasteiger partial charge in [-0.25, -0.2) is 4.79 Å². The first kappa shape index (κ1) is 24.5. The van der Waals surface area contributed by atoms with Crippen LogP contribution < -0.4 is 15.1 Å². The highest BCUT2D eigenvalue weighted by molar-refractivity contribution is 6.03. The maximum atomic E-state index is 12.3. The molecule has 7 nitrogen and oxygen atoms in total. The summed E-state index contributed by atoms with van der Waals surface area (Å²) in [5.74, 6) is 1.38. The van der Waals surface area contributed by atoms with Crippen molar-refractivity contribution in [3.63, 3.8) is 0 Å². The summed E-state index contributed by atoms with van der Waals surface area (Å²) in [4.78, 5) is 18.3. The molecule has 2 aromatic carbocycles. The van der Waals surface area contributed by atoms with Crippen molar-refractivity contribution in [3.8, 4) is 17.0 Å². The van der Waals surface area contributed by atoms with Gasteiger partial charge in [-0.2, -0.15) is 0 Å². The minimum Gasteiger partial charge on any atom is -0.494 e. The van der Waals surface area contributed by atoms with Gasteiger partial charge in [-0.05, 0) is 83.1 Å². The van der Waals surface area contributed by atoms with E-state index in [4.69, 9.17) is 14.3 Å². The lowest BCUT2D eigenvalue weighted by Gasteiger charge is -2.31. The summed E-state index contributed by atoms with van der Waals surface area (Å²) in [6.45, 7) is 7.18. The van der Waals surface area contributed by atoms with Crippen LogP contribution in [0.15, 0.2) is 42.5 Å². The number of amides is 1. The van der Waals surface area contributed by atoms with Gasteiger partial charge in [0.05, 0.1) is 30.1 Å². The van der Waals surface area contributed by atoms with Gasteiger partial charge in [-0.1, -0.05) is 12.1 Å². The van der Waals surface area contributed by atoms with Crippen molar-refractivity contribution in [2.45, 2.75) is 65.0 Å². The quantitative estimate of drug-likeness (QED) is 0.305. The fourth-order valence-corrected chi connectivity index (χ4v) is 5.10. The van der Waals surface area contributed by atoms with E-state index in [1.807, 2.05) is 51.1 Å². The number of rotatable bonds is 10. The van der Waals surface area contributed by atoms with Gasteiger partial charge in [0.15, 0.2) is 0 Å². The number of anilines is 2. The summed E-state index contributed by atoms with van der Waals surface area (Å²) >= 11 is 0. The van der Waals surface area contributed by atoms with E-state index in [0.29, 0.717) is 25.2 Å². The van der Waals surface area contributed by atoms with Crippen LogP contribution in [0, 0.1) is 5.92 Å². The zero-order valence-corrected chi connectivity index (χ0v) is 21.8. The fourth-order valence-electron chi connectivity index (χ4n) is 5.10. The van der Waals surface area contributed by atoms with Crippen molar-refractivity contribution >= 4 is 28.4 Å². The van der Waals surface area contributed by atoms with Gasteiger partial charge in [0.2, 0.25) is 0 Å². The third-order valence-electron chi connectivity index (χ3n) is 7.32. The number of hydrogen-bond acceptors (Lipinski definition) is 5. The molecule has 0 aliphatic heterocycles. The van der Waals surface area contributed by atoms with Crippen LogP contribution in [0.1, 0.15) is 58.9 Å². The number of hydrogen-bond donors (Lipinski definition) is 1. The lowest BCUT2D eigenvalue weighted by atomic mass is 9.92. The first-order valence-electron chi connectivity index (χ1n) is 13.3. The number of carbonyl (C=O) groups is 1. The second kappa shape index (κ2) is 10.4. The van der Waals surface area contributed by atoms with Gasteiger partial charge < -0.3 is 14.0 Å². The van der Waals surface area contributed by atoms with Crippen molar-refractivity contribution in [3.05, 3.63) is 42.5 Å². The molecule has 0 radical (unpaired) electrons. The molecule has 0 spiro atoms. The van der Waals surface area contributed by atoms with Crippen LogP contribution in [-0.4, -0.2) is 37.0 Å². The van der Waals surface area contributed by atoms with Gasteiger partial charge in [0.25, 0.3) is 0 Å². The number of fused-ring (bicyclic) bond motifs is 1. The molecule has 192 valence electrons. The molecule has 1 N–H and O–H groups in total. The first-order valence-corrected chi connectivity index (χ1v) is 13.3. The predicted octanol–water partition coefficient (Wildman–Crippen LogP) is 7.17. The summed E-state index contributed by atoms with van der Waals surface area (Å²) < 4.78 is 13.8. The van der Waals surface area contributed by atoms with Crippen LogP contribution in [0.25, 0.3) is 22.2 Å². The molecule has 7 heteroatoms. The molecule has 2 aliphatic carbocycles. The molecule has 36 heavy (non-hydrogen) atoms. The predicted molar refractivity (Wildman–Crippen MR) is 144 cm³/mol. The summed E-state index contributed by atoms with van der Waals surface area (Å²) in [6.07, 6.45) is 5.38. The average molecular weight is 492 g/mol. The summed E-state index contributed by atoms with van der Waals surface area (Å²) in [5.41, 5.74) is 5.11. The maximum absolute atomic E-state index is 12.3. The highest BCUT2D eigenvalue weighted by Gasteiger charge is 2.31. The fraction of sp³-hybridized carbons (Fsp3) is 0.483. The van der Waals surface area contributed by atoms with Gasteiger partial charge in [0.1, 0.15) is 11.9 Å². The SMILES string of the molecule is CCOc1ccc2c(N(C)OCC)c(-c3ccc(NC(=O)OC(C)C4CC4)cc3)n(C3CCC3)c2c1. The van der Waals surface area contributed by atoms with E-state index in [1.54, 1.807) is 0 Å². The van der Waals surface area contributed by atoms with Crippen LogP contribution in [-0.2, 0) is 9.57 Å². The monoisotopic (exact) mass is 491 g/mol. The van der Waals surface area contributed by atoms with Crippen molar-refractivity contribution in [2.75, 3.05) is 30.6 Å². The zero-order chi connectivity index (χ0) is 25.2. The molecule has 2 fully saturated rings. The third kappa shape index (κ3) is 4.89. The number of aromatic nitrogens is 1. The Morgan fingerprint density at radius 2 is 1.83 bits per heavy atom. The number of nitrogens with zero attached hydrogens (tertiary/aromatic N) is 2. The Morgan fingerprint density at radius 1 is 1.08 bits per heavy atom. The summed E-state index contributed by atoms with van der Waals surface area (Å²) in [6, 6.07) is 14.8. The van der Waals surface area contributed by atoms with Crippen LogP contribution in [0.4, 0.5) is 16.2 Å². The van der Waals surface area contributed by atoms with Gasteiger partial charge in [-0.3, -0.25) is 15.2 Å². The molecule has 2 saturated carbocycles. The van der Waals surface area contributed by atoms with Crippen molar-refractivity contribution in [1.29, 1.82) is 0 Å². The molecule has 1 atom stereocenters. The third-order valence-corrected chi connectivity index (χ3v) is 7.32. The Balaban J connectivity index is 1.53. The number of nitrogens with one attached hydrogen (secondary N) is 1. The molecule has 1 aromatic heterocycles. The van der Waals surface area contributed by atoms with E-state index in [1.165, 1.54) is 6.42 Å². The van der Waals surface area contributed by atoms with E-state index in [2.05, 4.69) is 34.1 Å². The Hall–Kier alpha value is -3.19. The van der Waals surface area contributed by atoms with Gasteiger partial charge >= 0.3 is 6.09 Å². The normalized spacial score (nSPS) is 16.4. The molecule has 5 rings (SSSR count). The van der Waals surface area contributed by atoms with Crippen molar-refractivity contribution in [1.82, 2.24) is 4.57 Å². The minimum absolute atomic E-state index is 0.0410. The van der Waals surface area contributed by atoms with Gasteiger partial charge in [-0.15, -0.1) is 0 Å². The van der Waals surface area contributed by atoms with Crippen LogP contribution in [0.3, 0.4) is 0 Å². The van der Waals surface area contributed by atoms with Crippen LogP contribution in [0.2, 0.25) is 0 Å². The minimum atomic E-state index is -0.397. The first-order chi connectivity index (χ1) is 17.5. The Morgan fingerprint density at radius 3 is 2.44 bits per heavy atom. The molecule has 0 bridgehead atoms. The number of hydroxylamine groups is 1. The number of benzene rings is 2. The largest absolute Gasteiger partial charge is 0.494 e. The highest BCUT2D eigenvalue weighted by Crippen LogP contribution is 2.47. The zero-order valence-electron chi connectivity index (χ0n) is 21.8. The van der Waals surface area contributed by atoms with Gasteiger partial charge in [0, 0.05) is 35.8 Å². The average Bonchev–Trinajstić information content (AvgIpc) is 3.63. The van der Waals surface area contributed by atoms with E-state index in [-0.39, 0.29) is 6.10 Å².